The summed E-state index contributed by atoms with van der Waals surface area (Å²) < 4.78 is 0. The van der Waals surface area contributed by atoms with Crippen LogP contribution in [0.15, 0.2) is 59.6 Å². The van der Waals surface area contributed by atoms with Gasteiger partial charge in [0.2, 0.25) is 5.91 Å². The Morgan fingerprint density at radius 2 is 1.88 bits per heavy atom. The third-order valence-corrected chi connectivity index (χ3v) is 5.29. The Kier molecular flexibility index (Phi) is 5.98. The maximum absolute atomic E-state index is 12.4. The molecule has 1 amide bonds. The SMILES string of the molecule is CC1N=C(C#Cc2ccc(O)cc2)SC1C(=O)NCCc1ccccc1. The van der Waals surface area contributed by atoms with Crippen LogP contribution in [0.1, 0.15) is 18.1 Å². The van der Waals surface area contributed by atoms with Crippen LogP contribution < -0.4 is 5.32 Å². The number of aliphatic imine (C=N–C) groups is 1. The minimum atomic E-state index is -0.241. The van der Waals surface area contributed by atoms with Gasteiger partial charge in [0.15, 0.2) is 0 Å². The first kappa shape index (κ1) is 18.1. The number of thioether (sulfide) groups is 1. The zero-order valence-corrected chi connectivity index (χ0v) is 15.3. The second kappa shape index (κ2) is 8.59. The average Bonchev–Trinajstić information content (AvgIpc) is 3.03. The lowest BCUT2D eigenvalue weighted by molar-refractivity contribution is -0.120. The van der Waals surface area contributed by atoms with Gasteiger partial charge >= 0.3 is 0 Å². The van der Waals surface area contributed by atoms with Gasteiger partial charge in [0.1, 0.15) is 16.0 Å². The van der Waals surface area contributed by atoms with Crippen molar-refractivity contribution in [1.82, 2.24) is 5.32 Å². The quantitative estimate of drug-likeness (QED) is 0.820. The molecule has 26 heavy (non-hydrogen) atoms. The number of phenolic OH excluding ortho intramolecular Hbond substituents is 1. The van der Waals surface area contributed by atoms with Crippen molar-refractivity contribution in [3.05, 3.63) is 65.7 Å². The number of nitrogens with zero attached hydrogens (tertiary/aromatic N) is 1. The summed E-state index contributed by atoms with van der Waals surface area (Å²) in [5, 5.41) is 12.7. The van der Waals surface area contributed by atoms with Gasteiger partial charge in [-0.15, -0.1) is 0 Å². The van der Waals surface area contributed by atoms with Gasteiger partial charge in [-0.25, -0.2) is 0 Å². The minimum absolute atomic E-state index is 0.00335. The number of hydrogen-bond acceptors (Lipinski definition) is 4. The van der Waals surface area contributed by atoms with Gasteiger partial charge in [0.25, 0.3) is 0 Å². The summed E-state index contributed by atoms with van der Waals surface area (Å²) in [6.45, 7) is 2.55. The normalized spacial score (nSPS) is 18.6. The Hall–Kier alpha value is -2.71. The number of amides is 1. The highest BCUT2D eigenvalue weighted by atomic mass is 32.2. The number of carbonyl (C=O) groups excluding carboxylic acids is 1. The Morgan fingerprint density at radius 1 is 1.15 bits per heavy atom. The number of rotatable bonds is 4. The molecule has 0 aromatic heterocycles. The number of nitrogens with one attached hydrogen (secondary N) is 1. The van der Waals surface area contributed by atoms with E-state index in [-0.39, 0.29) is 22.9 Å². The molecule has 3 rings (SSSR count). The standard InChI is InChI=1S/C21H20N2O2S/c1-15-20(21(25)22-14-13-16-5-3-2-4-6-16)26-19(23-15)12-9-17-7-10-18(24)11-8-17/h2-8,10-11,15,20,24H,13-14H2,1H3,(H,22,25). The first-order valence-corrected chi connectivity index (χ1v) is 9.37. The van der Waals surface area contributed by atoms with Crippen LogP contribution in [0, 0.1) is 11.8 Å². The first-order chi connectivity index (χ1) is 12.6. The van der Waals surface area contributed by atoms with Crippen molar-refractivity contribution in [2.45, 2.75) is 24.6 Å². The van der Waals surface area contributed by atoms with Crippen LogP contribution in [0.4, 0.5) is 0 Å². The molecule has 1 aliphatic rings. The van der Waals surface area contributed by atoms with Crippen LogP contribution in [0.3, 0.4) is 0 Å². The van der Waals surface area contributed by atoms with Crippen LogP contribution >= 0.6 is 11.8 Å². The summed E-state index contributed by atoms with van der Waals surface area (Å²) in [6, 6.07) is 16.7. The summed E-state index contributed by atoms with van der Waals surface area (Å²) in [5.41, 5.74) is 2.01. The predicted octanol–water partition coefficient (Wildman–Crippen LogP) is 3.01. The highest BCUT2D eigenvalue weighted by Crippen LogP contribution is 2.26. The fourth-order valence-corrected chi connectivity index (χ4v) is 3.61. The van der Waals surface area contributed by atoms with Gasteiger partial charge < -0.3 is 10.4 Å². The number of phenols is 1. The highest BCUT2D eigenvalue weighted by Gasteiger charge is 2.32. The second-order valence-electron chi connectivity index (χ2n) is 6.04. The topological polar surface area (TPSA) is 61.7 Å². The van der Waals surface area contributed by atoms with E-state index in [1.165, 1.54) is 17.3 Å². The van der Waals surface area contributed by atoms with E-state index in [0.29, 0.717) is 11.6 Å². The van der Waals surface area contributed by atoms with E-state index < -0.39 is 0 Å². The fourth-order valence-electron chi connectivity index (χ4n) is 2.58. The molecular weight excluding hydrogens is 344 g/mol. The van der Waals surface area contributed by atoms with Crippen LogP contribution in [-0.2, 0) is 11.2 Å². The molecule has 0 fully saturated rings. The van der Waals surface area contributed by atoms with E-state index in [2.05, 4.69) is 34.3 Å². The van der Waals surface area contributed by atoms with Gasteiger partial charge in [0.05, 0.1) is 6.04 Å². The Morgan fingerprint density at radius 3 is 2.62 bits per heavy atom. The third kappa shape index (κ3) is 4.90. The van der Waals surface area contributed by atoms with Crippen molar-refractivity contribution in [3.8, 4) is 17.6 Å². The molecule has 5 heteroatoms. The smallest absolute Gasteiger partial charge is 0.235 e. The molecule has 0 saturated heterocycles. The van der Waals surface area contributed by atoms with Crippen LogP contribution in [0.5, 0.6) is 5.75 Å². The van der Waals surface area contributed by atoms with E-state index in [1.54, 1.807) is 24.3 Å². The summed E-state index contributed by atoms with van der Waals surface area (Å²) in [7, 11) is 0. The van der Waals surface area contributed by atoms with Gasteiger partial charge in [0, 0.05) is 12.1 Å². The fraction of sp³-hybridized carbons (Fsp3) is 0.238. The number of hydrogen-bond donors (Lipinski definition) is 2. The number of carbonyl (C=O) groups is 1. The largest absolute Gasteiger partial charge is 0.508 e. The average molecular weight is 364 g/mol. The highest BCUT2D eigenvalue weighted by molar-refractivity contribution is 8.16. The van der Waals surface area contributed by atoms with Crippen LogP contribution in [0.25, 0.3) is 0 Å². The molecule has 0 saturated carbocycles. The zero-order chi connectivity index (χ0) is 18.4. The molecule has 1 heterocycles. The van der Waals surface area contributed by atoms with Crippen LogP contribution in [-0.4, -0.2) is 33.9 Å². The number of aromatic hydroxyl groups is 1. The Labute approximate surface area is 157 Å². The predicted molar refractivity (Wildman–Crippen MR) is 106 cm³/mol. The lowest BCUT2D eigenvalue weighted by Gasteiger charge is -2.13. The second-order valence-corrected chi connectivity index (χ2v) is 7.17. The Bertz CT molecular complexity index is 851. The Balaban J connectivity index is 1.51. The molecule has 0 radical (unpaired) electrons. The van der Waals surface area contributed by atoms with Crippen LogP contribution in [0.2, 0.25) is 0 Å². The molecule has 2 aromatic rings. The molecule has 4 nitrogen and oxygen atoms in total. The van der Waals surface area contributed by atoms with Crippen molar-refractivity contribution in [1.29, 1.82) is 0 Å². The molecule has 0 spiro atoms. The molecular formula is C21H20N2O2S. The van der Waals surface area contributed by atoms with E-state index >= 15 is 0 Å². The summed E-state index contributed by atoms with van der Waals surface area (Å²) in [4.78, 5) is 16.9. The molecule has 2 N–H and O–H groups in total. The number of benzene rings is 2. The van der Waals surface area contributed by atoms with E-state index in [1.807, 2.05) is 25.1 Å². The third-order valence-electron chi connectivity index (χ3n) is 3.99. The summed E-state index contributed by atoms with van der Waals surface area (Å²) in [6.07, 6.45) is 0.812. The molecule has 2 aromatic carbocycles. The molecule has 0 bridgehead atoms. The molecule has 132 valence electrons. The van der Waals surface area contributed by atoms with Crippen molar-refractivity contribution in [2.75, 3.05) is 6.54 Å². The zero-order valence-electron chi connectivity index (χ0n) is 14.5. The summed E-state index contributed by atoms with van der Waals surface area (Å²) >= 11 is 1.41. The lowest BCUT2D eigenvalue weighted by Crippen LogP contribution is -2.37. The van der Waals surface area contributed by atoms with Crippen molar-refractivity contribution >= 4 is 22.7 Å². The minimum Gasteiger partial charge on any atom is -0.508 e. The molecule has 2 unspecified atom stereocenters. The van der Waals surface area contributed by atoms with Gasteiger partial charge in [-0.05, 0) is 49.1 Å². The van der Waals surface area contributed by atoms with Crippen molar-refractivity contribution in [2.24, 2.45) is 4.99 Å². The molecule has 0 aliphatic carbocycles. The summed E-state index contributed by atoms with van der Waals surface area (Å²) in [5.74, 6) is 6.25. The van der Waals surface area contributed by atoms with E-state index in [0.717, 1.165) is 12.0 Å². The maximum Gasteiger partial charge on any atom is 0.235 e. The lowest BCUT2D eigenvalue weighted by atomic mass is 10.1. The van der Waals surface area contributed by atoms with Gasteiger partial charge in [-0.1, -0.05) is 48.0 Å². The first-order valence-electron chi connectivity index (χ1n) is 8.49. The molecule has 1 aliphatic heterocycles. The van der Waals surface area contributed by atoms with E-state index in [9.17, 15) is 9.90 Å². The molecule has 2 atom stereocenters. The van der Waals surface area contributed by atoms with Crippen molar-refractivity contribution in [3.63, 3.8) is 0 Å². The van der Waals surface area contributed by atoms with E-state index in [4.69, 9.17) is 0 Å². The van der Waals surface area contributed by atoms with Crippen molar-refractivity contribution < 1.29 is 9.90 Å². The monoisotopic (exact) mass is 364 g/mol. The van der Waals surface area contributed by atoms with Gasteiger partial charge in [-0.2, -0.15) is 0 Å². The van der Waals surface area contributed by atoms with Gasteiger partial charge in [-0.3, -0.25) is 9.79 Å². The maximum atomic E-state index is 12.4.